The fourth-order valence-corrected chi connectivity index (χ4v) is 10.3. The van der Waals surface area contributed by atoms with E-state index < -0.39 is 0 Å². The van der Waals surface area contributed by atoms with Gasteiger partial charge in [-0.05, 0) is 95.8 Å². The van der Waals surface area contributed by atoms with Gasteiger partial charge in [-0.2, -0.15) is 0 Å². The molecule has 0 aliphatic heterocycles. The highest BCUT2D eigenvalue weighted by molar-refractivity contribution is 9.69. The van der Waals surface area contributed by atoms with Crippen molar-refractivity contribution in [1.29, 1.82) is 0 Å². The van der Waals surface area contributed by atoms with Gasteiger partial charge in [-0.15, -0.1) is 47.3 Å². The first-order valence-electron chi connectivity index (χ1n) is 21.1. The van der Waals surface area contributed by atoms with Crippen LogP contribution in [-0.4, -0.2) is 8.29 Å². The van der Waals surface area contributed by atoms with E-state index >= 15 is 0 Å². The fourth-order valence-electron chi connectivity index (χ4n) is 10.3. The molecule has 0 atom stereocenters. The van der Waals surface area contributed by atoms with Crippen molar-refractivity contribution in [1.82, 2.24) is 0 Å². The van der Waals surface area contributed by atoms with Crippen LogP contribution >= 0.6 is 47.3 Å². The Labute approximate surface area is 391 Å². The second-order valence-corrected chi connectivity index (χ2v) is 22.7. The van der Waals surface area contributed by atoms with Crippen LogP contribution in [0.15, 0.2) is 191 Å². The molecular formula is C57H34BBr3O3. The van der Waals surface area contributed by atoms with E-state index in [9.17, 15) is 5.11 Å². The molecule has 304 valence electrons. The number of fused-ring (bicyclic) bond motifs is 26. The second kappa shape index (κ2) is 15.4. The van der Waals surface area contributed by atoms with E-state index in [2.05, 4.69) is 200 Å². The van der Waals surface area contributed by atoms with Crippen molar-refractivity contribution in [3.05, 3.63) is 188 Å². The van der Waals surface area contributed by atoms with E-state index in [0.717, 1.165) is 60.0 Å². The van der Waals surface area contributed by atoms with Crippen LogP contribution in [0.4, 0.5) is 0 Å². The maximum atomic E-state index is 10.2. The number of rotatable bonds is 0. The summed E-state index contributed by atoms with van der Waals surface area (Å²) >= 11 is 9.31. The summed E-state index contributed by atoms with van der Waals surface area (Å²) in [5.41, 5.74) is 5.04. The minimum absolute atomic E-state index is 0.271. The highest BCUT2D eigenvalue weighted by Crippen LogP contribution is 2.49. The van der Waals surface area contributed by atoms with Crippen LogP contribution in [-0.2, 0) is 0 Å². The van der Waals surface area contributed by atoms with Crippen LogP contribution in [0.1, 0.15) is 5.56 Å². The molecule has 12 aromatic carbocycles. The molecule has 3 nitrogen and oxygen atoms in total. The second-order valence-electron chi connectivity index (χ2n) is 16.3. The quantitative estimate of drug-likeness (QED) is 0.122. The third-order valence-electron chi connectivity index (χ3n) is 12.8. The Bertz CT molecular complexity index is 3950. The van der Waals surface area contributed by atoms with Crippen molar-refractivity contribution in [3.8, 4) is 5.75 Å². The standard InChI is InChI=1S/C29H18O.C28H16O2.BBr3/c1-17-14-15-22-24(16-17)18-8-2-3-9-19(18)28-26(22)20-10-4-5-11-21(20)27-23-12-6-7-13-25(23)30-29(27)28;29-16-13-14-21-23(15-16)17-7-1-2-8-18(17)27-25(21)19-9-3-4-10-20(19)26-22-11-5-6-12-24(22)30-28(26)27;2-1(3)4/h2-16H,1H3;1-15,29H;. The maximum Gasteiger partial charge on any atom is 0.369 e. The predicted molar refractivity (Wildman–Crippen MR) is 286 cm³/mol. The van der Waals surface area contributed by atoms with Gasteiger partial charge in [-0.25, -0.2) is 0 Å². The van der Waals surface area contributed by atoms with E-state index in [1.165, 1.54) is 75.6 Å². The SMILES string of the molecule is BrB(Br)Br.Cc1ccc2c(c1)c1ccccc1c1c3oc4ccccc4c3c3ccccc3c21.Oc1ccc2c(c1)c1ccccc1c1c3oc4ccccc4c3c3ccccc3c21. The average molecular weight is 1020 g/mol. The van der Waals surface area contributed by atoms with Gasteiger partial charge in [0, 0.05) is 43.1 Å². The predicted octanol–water partition coefficient (Wildman–Crippen LogP) is 18.6. The van der Waals surface area contributed by atoms with Crippen molar-refractivity contribution < 1.29 is 13.9 Å². The molecule has 0 fully saturated rings. The first-order valence-corrected chi connectivity index (χ1v) is 23.9. The van der Waals surface area contributed by atoms with Gasteiger partial charge in [0.25, 0.3) is 0 Å². The summed E-state index contributed by atoms with van der Waals surface area (Å²) in [6.07, 6.45) is 0. The molecule has 14 rings (SSSR count). The lowest BCUT2D eigenvalue weighted by molar-refractivity contribution is 0.476. The largest absolute Gasteiger partial charge is 0.508 e. The van der Waals surface area contributed by atoms with E-state index in [1.54, 1.807) is 6.07 Å². The van der Waals surface area contributed by atoms with Crippen molar-refractivity contribution in [2.24, 2.45) is 0 Å². The molecule has 0 bridgehead atoms. The molecule has 2 heterocycles. The van der Waals surface area contributed by atoms with Gasteiger partial charge in [0.1, 0.15) is 28.1 Å². The minimum atomic E-state index is 0.271. The van der Waals surface area contributed by atoms with Gasteiger partial charge in [0.2, 0.25) is 0 Å². The Balaban J connectivity index is 0.000000125. The molecule has 0 aliphatic carbocycles. The Hall–Kier alpha value is -6.38. The highest BCUT2D eigenvalue weighted by atomic mass is 79.9. The number of benzene rings is 12. The monoisotopic (exact) mass is 1010 g/mol. The normalized spacial score (nSPS) is 11.8. The minimum Gasteiger partial charge on any atom is -0.508 e. The smallest absolute Gasteiger partial charge is 0.369 e. The van der Waals surface area contributed by atoms with Gasteiger partial charge >= 0.3 is 3.18 Å². The third kappa shape index (κ3) is 6.05. The summed E-state index contributed by atoms with van der Waals surface area (Å²) in [5.74, 6) is 0.279. The van der Waals surface area contributed by atoms with E-state index in [-0.39, 0.29) is 8.93 Å². The summed E-state index contributed by atoms with van der Waals surface area (Å²) < 4.78 is 13.3. The molecule has 0 spiro atoms. The maximum absolute atomic E-state index is 10.2. The Morgan fingerprint density at radius 3 is 1.08 bits per heavy atom. The van der Waals surface area contributed by atoms with Crippen LogP contribution in [0.25, 0.3) is 130 Å². The number of aromatic hydroxyl groups is 1. The molecule has 7 heteroatoms. The lowest BCUT2D eigenvalue weighted by atomic mass is 9.88. The van der Waals surface area contributed by atoms with E-state index in [1.807, 2.05) is 30.3 Å². The van der Waals surface area contributed by atoms with Crippen LogP contribution in [0.5, 0.6) is 5.75 Å². The number of phenols is 1. The highest BCUT2D eigenvalue weighted by Gasteiger charge is 2.22. The molecule has 14 aromatic rings. The summed E-state index contributed by atoms with van der Waals surface area (Å²) in [5, 5.41) is 34.2. The van der Waals surface area contributed by atoms with Crippen molar-refractivity contribution in [3.63, 3.8) is 0 Å². The topological polar surface area (TPSA) is 46.5 Å². The van der Waals surface area contributed by atoms with Gasteiger partial charge in [-0.3, -0.25) is 0 Å². The van der Waals surface area contributed by atoms with Crippen LogP contribution in [0, 0.1) is 6.92 Å². The van der Waals surface area contributed by atoms with E-state index in [4.69, 9.17) is 8.83 Å². The van der Waals surface area contributed by atoms with Crippen molar-refractivity contribution in [2.45, 2.75) is 6.92 Å². The fraction of sp³-hybridized carbons (Fsp3) is 0.0175. The molecule has 0 amide bonds. The number of hydrogen-bond acceptors (Lipinski definition) is 3. The molecule has 0 saturated carbocycles. The first-order chi connectivity index (χ1) is 31.4. The molecule has 2 aromatic heterocycles. The molecule has 64 heavy (non-hydrogen) atoms. The zero-order valence-corrected chi connectivity index (χ0v) is 39.1. The van der Waals surface area contributed by atoms with Crippen LogP contribution in [0.2, 0.25) is 0 Å². The number of hydrogen-bond donors (Lipinski definition) is 1. The van der Waals surface area contributed by atoms with Crippen molar-refractivity contribution >= 4 is 181 Å². The number of para-hydroxylation sites is 2. The third-order valence-corrected chi connectivity index (χ3v) is 12.8. The Morgan fingerprint density at radius 1 is 0.328 bits per heavy atom. The van der Waals surface area contributed by atoms with E-state index in [0.29, 0.717) is 0 Å². The zero-order valence-electron chi connectivity index (χ0n) is 34.3. The average Bonchev–Trinajstić information content (AvgIpc) is 3.91. The molecule has 0 unspecified atom stereocenters. The number of phenolic OH excluding ortho intramolecular Hbond substituents is 1. The summed E-state index contributed by atoms with van der Waals surface area (Å²) in [4.78, 5) is 0. The summed E-state index contributed by atoms with van der Waals surface area (Å²) in [6.45, 7) is 2.17. The molecule has 0 radical (unpaired) electrons. The molecule has 0 saturated heterocycles. The number of furan rings is 2. The van der Waals surface area contributed by atoms with Crippen molar-refractivity contribution in [2.75, 3.05) is 0 Å². The first kappa shape index (κ1) is 39.2. The molecule has 1 N–H and O–H groups in total. The van der Waals surface area contributed by atoms with Gasteiger partial charge in [0.15, 0.2) is 0 Å². The van der Waals surface area contributed by atoms with Gasteiger partial charge in [0.05, 0.1) is 0 Å². The zero-order chi connectivity index (χ0) is 43.2. The van der Waals surface area contributed by atoms with Gasteiger partial charge in [-0.1, -0.05) is 163 Å². The summed E-state index contributed by atoms with van der Waals surface area (Å²) in [7, 11) is 0. The van der Waals surface area contributed by atoms with Gasteiger partial charge < -0.3 is 13.9 Å². The lowest BCUT2D eigenvalue weighted by Gasteiger charge is -2.14. The molecular weight excluding hydrogens is 983 g/mol. The Morgan fingerprint density at radius 2 is 0.641 bits per heavy atom. The van der Waals surface area contributed by atoms with Crippen LogP contribution in [0.3, 0.4) is 0 Å². The van der Waals surface area contributed by atoms with Crippen LogP contribution < -0.4 is 0 Å². The molecule has 0 aliphatic rings. The number of halogens is 3. The summed E-state index contributed by atoms with van der Waals surface area (Å²) in [6, 6.07) is 63.6. The number of aryl methyl sites for hydroxylation is 1. The Kier molecular flexibility index (Phi) is 9.45. The lowest BCUT2D eigenvalue weighted by Crippen LogP contribution is -1.87.